The van der Waals surface area contributed by atoms with E-state index in [2.05, 4.69) is 10.3 Å². The lowest BCUT2D eigenvalue weighted by Crippen LogP contribution is -2.48. The lowest BCUT2D eigenvalue weighted by atomic mass is 9.72. The number of ether oxygens (including phenoxy) is 2. The molecule has 5 heterocycles. The molecule has 4 aromatic rings. The van der Waals surface area contributed by atoms with Crippen LogP contribution in [0.2, 0.25) is 0 Å². The molecular formula is C36H38N4O10S. The fraction of sp³-hybridized carbons (Fsp3) is 0.417. The Kier molecular flexibility index (Phi) is 8.33. The van der Waals surface area contributed by atoms with Gasteiger partial charge in [0.05, 0.1) is 19.1 Å². The number of amides is 1. The summed E-state index contributed by atoms with van der Waals surface area (Å²) in [6.07, 6.45) is -0.353. The summed E-state index contributed by atoms with van der Waals surface area (Å²) in [5.41, 5.74) is 0.523. The number of benzene rings is 2. The molecule has 268 valence electrons. The highest BCUT2D eigenvalue weighted by atomic mass is 32.2. The lowest BCUT2D eigenvalue weighted by Gasteiger charge is -2.30. The number of nitrogens with one attached hydrogen (secondary N) is 1. The van der Waals surface area contributed by atoms with Crippen molar-refractivity contribution < 1.29 is 46.2 Å². The minimum Gasteiger partial charge on any atom is -0.467 e. The molecule has 2 aromatic carbocycles. The summed E-state index contributed by atoms with van der Waals surface area (Å²) in [6.45, 7) is 7.18. The van der Waals surface area contributed by atoms with Crippen molar-refractivity contribution in [2.45, 2.75) is 64.3 Å². The van der Waals surface area contributed by atoms with E-state index in [1.165, 1.54) is 11.4 Å². The first-order chi connectivity index (χ1) is 24.2. The van der Waals surface area contributed by atoms with Crippen molar-refractivity contribution in [3.8, 4) is 17.3 Å². The number of anilines is 1. The van der Waals surface area contributed by atoms with Crippen LogP contribution in [0.25, 0.3) is 11.6 Å². The quantitative estimate of drug-likeness (QED) is 0.250. The van der Waals surface area contributed by atoms with Crippen LogP contribution in [0.5, 0.6) is 5.75 Å². The molecule has 1 amide bonds. The van der Waals surface area contributed by atoms with Gasteiger partial charge in [0.15, 0.2) is 22.9 Å². The zero-order chi connectivity index (χ0) is 36.6. The number of methoxy groups -OCH3 is 1. The van der Waals surface area contributed by atoms with E-state index in [0.29, 0.717) is 28.1 Å². The summed E-state index contributed by atoms with van der Waals surface area (Å²) >= 11 is 0. The third-order valence-corrected chi connectivity index (χ3v) is 10.9. The minimum absolute atomic E-state index is 0.0575. The van der Waals surface area contributed by atoms with Gasteiger partial charge in [-0.2, -0.15) is 0 Å². The maximum absolute atomic E-state index is 14.1. The van der Waals surface area contributed by atoms with Crippen LogP contribution in [0, 0.1) is 17.8 Å². The molecule has 14 nitrogen and oxygen atoms in total. The lowest BCUT2D eigenvalue weighted by molar-refractivity contribution is -0.135. The number of rotatable bonds is 8. The van der Waals surface area contributed by atoms with Gasteiger partial charge in [0.25, 0.3) is 0 Å². The monoisotopic (exact) mass is 718 g/mol. The second-order valence-electron chi connectivity index (χ2n) is 13.9. The number of sulfonamides is 1. The molecule has 0 saturated carbocycles. The zero-order valence-electron chi connectivity index (χ0n) is 28.9. The molecule has 15 heteroatoms. The number of carbonyl (C=O) groups is 3. The molecule has 7 rings (SSSR count). The summed E-state index contributed by atoms with van der Waals surface area (Å²) in [5, 5.41) is 13.6. The van der Waals surface area contributed by atoms with Gasteiger partial charge in [-0.25, -0.2) is 27.5 Å². The third kappa shape index (κ3) is 5.41. The molecule has 51 heavy (non-hydrogen) atoms. The third-order valence-electron chi connectivity index (χ3n) is 9.81. The topological polar surface area (TPSA) is 191 Å². The van der Waals surface area contributed by atoms with E-state index in [9.17, 15) is 27.9 Å². The Morgan fingerprint density at radius 3 is 2.55 bits per heavy atom. The number of nitrogens with zero attached hydrogens (tertiary/aromatic N) is 3. The van der Waals surface area contributed by atoms with Gasteiger partial charge in [0.2, 0.25) is 33.9 Å². The van der Waals surface area contributed by atoms with Crippen LogP contribution in [-0.2, 0) is 36.2 Å². The maximum atomic E-state index is 14.1. The molecule has 4 bridgehead atoms. The van der Waals surface area contributed by atoms with Crippen LogP contribution in [0.1, 0.15) is 79.0 Å². The van der Waals surface area contributed by atoms with Gasteiger partial charge < -0.3 is 28.7 Å². The van der Waals surface area contributed by atoms with Crippen LogP contribution in [0.15, 0.2) is 57.6 Å². The molecule has 0 aliphatic carbocycles. The number of carbonyl (C=O) groups excluding carboxylic acids is 3. The van der Waals surface area contributed by atoms with Gasteiger partial charge in [-0.05, 0) is 36.0 Å². The summed E-state index contributed by atoms with van der Waals surface area (Å²) < 4.78 is 52.4. The second-order valence-corrected chi connectivity index (χ2v) is 15.8. The summed E-state index contributed by atoms with van der Waals surface area (Å²) in [5.74, 6) is -2.73. The molecule has 3 aliphatic rings. The van der Waals surface area contributed by atoms with Gasteiger partial charge >= 0.3 is 5.97 Å². The number of para-hydroxylation sites is 1. The number of ketones is 1. The Labute approximate surface area is 294 Å². The molecule has 3 aliphatic heterocycles. The Hall–Kier alpha value is -5.02. The van der Waals surface area contributed by atoms with Gasteiger partial charge in [0.1, 0.15) is 29.6 Å². The number of hydrogen-bond acceptors (Lipinski definition) is 12. The van der Waals surface area contributed by atoms with Crippen molar-refractivity contribution in [2.24, 2.45) is 17.8 Å². The van der Waals surface area contributed by atoms with Gasteiger partial charge in [-0.1, -0.05) is 58.0 Å². The van der Waals surface area contributed by atoms with Crippen molar-refractivity contribution in [1.82, 2.24) is 15.3 Å². The van der Waals surface area contributed by atoms with Crippen molar-refractivity contribution in [3.63, 3.8) is 0 Å². The van der Waals surface area contributed by atoms with Gasteiger partial charge in [0, 0.05) is 23.5 Å². The van der Waals surface area contributed by atoms with Crippen molar-refractivity contribution in [1.29, 1.82) is 0 Å². The number of hydrogen-bond donors (Lipinski definition) is 2. The van der Waals surface area contributed by atoms with E-state index in [1.807, 2.05) is 19.9 Å². The number of esters is 1. The van der Waals surface area contributed by atoms with E-state index in [1.54, 1.807) is 50.2 Å². The predicted molar refractivity (Wildman–Crippen MR) is 181 cm³/mol. The Bertz CT molecular complexity index is 2170. The molecule has 2 N–H and O–H groups in total. The maximum Gasteiger partial charge on any atom is 0.360 e. The van der Waals surface area contributed by atoms with Crippen LogP contribution >= 0.6 is 0 Å². The largest absolute Gasteiger partial charge is 0.467 e. The highest BCUT2D eigenvalue weighted by molar-refractivity contribution is 7.92. The molecule has 5 atom stereocenters. The van der Waals surface area contributed by atoms with Gasteiger partial charge in [-0.15, -0.1) is 0 Å². The first-order valence-electron chi connectivity index (χ1n) is 16.6. The minimum atomic E-state index is -3.97. The van der Waals surface area contributed by atoms with Gasteiger partial charge in [-0.3, -0.25) is 9.59 Å². The number of aromatic nitrogens is 2. The van der Waals surface area contributed by atoms with E-state index in [-0.39, 0.29) is 53.6 Å². The smallest absolute Gasteiger partial charge is 0.360 e. The standard InChI is InChI=1S/C36H38N4O10S/c1-17(2)27-33-39-28(32-37-23(16-48-32)34(44)47-5)30(50-33)36-21-9-7-8-10-24(21)40(51(6,45)46)35(36)49-26-12-11-19(14-22(26)36)13-20(31(43)38-27)15-25(41)29(42)18(3)4/h7-12,14,16-18,20,27,29,35,42H,13,15H2,1-6H3,(H,38,43)/t20?,27-,29-,35?,36-/m0/s1. The molecule has 2 aromatic heterocycles. The zero-order valence-corrected chi connectivity index (χ0v) is 29.7. The second kappa shape index (κ2) is 12.3. The van der Waals surface area contributed by atoms with Crippen LogP contribution in [-0.4, -0.2) is 66.8 Å². The summed E-state index contributed by atoms with van der Waals surface area (Å²) in [6, 6.07) is 11.4. The van der Waals surface area contributed by atoms with Crippen LogP contribution in [0.3, 0.4) is 0 Å². The number of Topliss-reactive ketones (excluding diaryl/α,β-unsaturated/α-hetero) is 1. The van der Waals surface area contributed by atoms with Crippen LogP contribution in [0.4, 0.5) is 5.69 Å². The predicted octanol–water partition coefficient (Wildman–Crippen LogP) is 3.91. The number of oxazole rings is 2. The van der Waals surface area contributed by atoms with Crippen molar-refractivity contribution in [2.75, 3.05) is 17.7 Å². The average Bonchev–Trinajstić information content (AvgIpc) is 3.85. The van der Waals surface area contributed by atoms with E-state index >= 15 is 0 Å². The van der Waals surface area contributed by atoms with Crippen molar-refractivity contribution >= 4 is 33.4 Å². The molecule has 0 radical (unpaired) electrons. The van der Waals surface area contributed by atoms with Crippen molar-refractivity contribution in [3.05, 3.63) is 82.8 Å². The summed E-state index contributed by atoms with van der Waals surface area (Å²) in [7, 11) is -2.76. The first-order valence-corrected chi connectivity index (χ1v) is 18.5. The molecule has 2 unspecified atom stereocenters. The highest BCUT2D eigenvalue weighted by Crippen LogP contribution is 2.62. The fourth-order valence-electron chi connectivity index (χ4n) is 7.32. The first kappa shape index (κ1) is 34.4. The molecular weight excluding hydrogens is 680 g/mol. The Morgan fingerprint density at radius 2 is 1.86 bits per heavy atom. The number of aliphatic hydroxyl groups is 1. The average molecular weight is 719 g/mol. The Balaban J connectivity index is 1.53. The number of aliphatic hydroxyl groups excluding tert-OH is 1. The SMILES string of the molecule is COC(=O)c1coc(-c2nc3oc2[C@]24c5cc(ccc5OC2N(S(C)(=O)=O)c2ccccc24)CC(CC(=O)[C@@H](O)C(C)C)C(=O)N[C@H]3C(C)C)n1. The number of fused-ring (bicyclic) bond motifs is 4. The highest BCUT2D eigenvalue weighted by Gasteiger charge is 2.65. The van der Waals surface area contributed by atoms with Crippen LogP contribution < -0.4 is 14.4 Å². The van der Waals surface area contributed by atoms with E-state index < -0.39 is 57.4 Å². The summed E-state index contributed by atoms with van der Waals surface area (Å²) in [4.78, 5) is 49.0. The molecule has 0 saturated heterocycles. The Morgan fingerprint density at radius 1 is 1.12 bits per heavy atom. The fourth-order valence-corrected chi connectivity index (χ4v) is 8.38. The molecule has 1 spiro atoms. The molecule has 0 fully saturated rings. The van der Waals surface area contributed by atoms with E-state index in [0.717, 1.165) is 12.5 Å². The normalized spacial score (nSPS) is 22.8. The van der Waals surface area contributed by atoms with E-state index in [4.69, 9.17) is 23.3 Å².